The standard InChI is InChI=1S/C14H18I2O3/c1-2-3-4-5-9(8-13(17)18)10-6-11(15)14(19)12(16)7-10/h6-7,9,19H,2-5,8H2,1H3,(H,17,18). The van der Waals surface area contributed by atoms with Crippen molar-refractivity contribution in [3.8, 4) is 5.75 Å². The van der Waals surface area contributed by atoms with Crippen LogP contribution in [-0.4, -0.2) is 16.2 Å². The fourth-order valence-corrected chi connectivity index (χ4v) is 3.88. The fourth-order valence-electron chi connectivity index (χ4n) is 2.06. The van der Waals surface area contributed by atoms with Crippen LogP contribution in [0.2, 0.25) is 0 Å². The van der Waals surface area contributed by atoms with Crippen molar-refractivity contribution in [2.75, 3.05) is 0 Å². The van der Waals surface area contributed by atoms with Crippen LogP contribution in [-0.2, 0) is 4.79 Å². The molecule has 0 saturated heterocycles. The van der Waals surface area contributed by atoms with Crippen molar-refractivity contribution in [1.82, 2.24) is 0 Å². The molecular formula is C14H18I2O3. The summed E-state index contributed by atoms with van der Waals surface area (Å²) < 4.78 is 1.57. The SMILES string of the molecule is CCCCCC(CC(=O)O)c1cc(I)c(O)c(I)c1. The number of benzene rings is 1. The molecule has 1 rings (SSSR count). The molecule has 106 valence electrons. The minimum absolute atomic E-state index is 0.0340. The van der Waals surface area contributed by atoms with E-state index in [2.05, 4.69) is 52.1 Å². The minimum atomic E-state index is -0.764. The van der Waals surface area contributed by atoms with Gasteiger partial charge in [-0.1, -0.05) is 26.2 Å². The molecule has 0 saturated carbocycles. The average Bonchev–Trinajstić information content (AvgIpc) is 2.34. The topological polar surface area (TPSA) is 57.5 Å². The van der Waals surface area contributed by atoms with Gasteiger partial charge in [0, 0.05) is 0 Å². The molecule has 0 heterocycles. The van der Waals surface area contributed by atoms with E-state index in [-0.39, 0.29) is 18.1 Å². The number of carboxylic acids is 1. The Morgan fingerprint density at radius 1 is 1.26 bits per heavy atom. The third-order valence-corrected chi connectivity index (χ3v) is 4.73. The molecule has 2 N–H and O–H groups in total. The number of hydrogen-bond acceptors (Lipinski definition) is 2. The Labute approximate surface area is 141 Å². The van der Waals surface area contributed by atoms with E-state index < -0.39 is 5.97 Å². The van der Waals surface area contributed by atoms with Gasteiger partial charge in [-0.2, -0.15) is 0 Å². The summed E-state index contributed by atoms with van der Waals surface area (Å²) in [6.45, 7) is 2.14. The molecule has 1 aromatic rings. The monoisotopic (exact) mass is 488 g/mol. The molecule has 0 radical (unpaired) electrons. The summed E-state index contributed by atoms with van der Waals surface area (Å²) >= 11 is 4.17. The molecule has 0 aliphatic rings. The Morgan fingerprint density at radius 2 is 1.84 bits per heavy atom. The van der Waals surface area contributed by atoms with E-state index in [4.69, 9.17) is 5.11 Å². The van der Waals surface area contributed by atoms with Crippen molar-refractivity contribution in [3.05, 3.63) is 24.8 Å². The number of carboxylic acid groups (broad SMARTS) is 1. The van der Waals surface area contributed by atoms with Gasteiger partial charge in [0.1, 0.15) is 5.75 Å². The quantitative estimate of drug-likeness (QED) is 0.431. The highest BCUT2D eigenvalue weighted by molar-refractivity contribution is 14.1. The third kappa shape index (κ3) is 5.45. The Balaban J connectivity index is 2.92. The van der Waals surface area contributed by atoms with E-state index in [0.29, 0.717) is 0 Å². The molecule has 0 fully saturated rings. The molecule has 0 aliphatic carbocycles. The van der Waals surface area contributed by atoms with E-state index in [1.807, 2.05) is 12.1 Å². The van der Waals surface area contributed by atoms with Gasteiger partial charge in [0.2, 0.25) is 0 Å². The molecule has 1 aromatic carbocycles. The van der Waals surface area contributed by atoms with Gasteiger partial charge in [-0.05, 0) is 75.2 Å². The van der Waals surface area contributed by atoms with Crippen molar-refractivity contribution >= 4 is 51.2 Å². The van der Waals surface area contributed by atoms with E-state index in [1.165, 1.54) is 0 Å². The Morgan fingerprint density at radius 3 is 2.32 bits per heavy atom. The maximum absolute atomic E-state index is 11.0. The van der Waals surface area contributed by atoms with Crippen LogP contribution in [0.1, 0.15) is 50.5 Å². The molecule has 1 unspecified atom stereocenters. The van der Waals surface area contributed by atoms with Crippen LogP contribution < -0.4 is 0 Å². The smallest absolute Gasteiger partial charge is 0.303 e. The Hall–Kier alpha value is -0.0500. The molecule has 0 aromatic heterocycles. The Kier molecular flexibility index (Phi) is 7.41. The normalized spacial score (nSPS) is 12.4. The number of rotatable bonds is 7. The predicted octanol–water partition coefficient (Wildman–Crippen LogP) is 4.74. The number of halogens is 2. The van der Waals surface area contributed by atoms with Crippen LogP contribution >= 0.6 is 45.2 Å². The summed E-state index contributed by atoms with van der Waals surface area (Å²) in [5.74, 6) is -0.446. The number of phenols is 1. The van der Waals surface area contributed by atoms with Crippen molar-refractivity contribution in [2.24, 2.45) is 0 Å². The molecular weight excluding hydrogens is 470 g/mol. The van der Waals surface area contributed by atoms with Gasteiger partial charge in [-0.3, -0.25) is 4.79 Å². The zero-order valence-corrected chi connectivity index (χ0v) is 15.1. The number of unbranched alkanes of at least 4 members (excludes halogenated alkanes) is 2. The molecule has 0 aliphatic heterocycles. The zero-order valence-electron chi connectivity index (χ0n) is 10.8. The first-order chi connectivity index (χ1) is 8.95. The first-order valence-corrected chi connectivity index (χ1v) is 8.51. The second kappa shape index (κ2) is 8.28. The summed E-state index contributed by atoms with van der Waals surface area (Å²) in [5, 5.41) is 18.8. The summed E-state index contributed by atoms with van der Waals surface area (Å²) in [5.41, 5.74) is 1.02. The van der Waals surface area contributed by atoms with E-state index in [9.17, 15) is 9.90 Å². The van der Waals surface area contributed by atoms with Gasteiger partial charge in [0.05, 0.1) is 13.6 Å². The van der Waals surface area contributed by atoms with E-state index in [1.54, 1.807) is 0 Å². The first-order valence-electron chi connectivity index (χ1n) is 6.35. The van der Waals surface area contributed by atoms with Gasteiger partial charge in [-0.15, -0.1) is 0 Å². The van der Waals surface area contributed by atoms with E-state index >= 15 is 0 Å². The number of aromatic hydroxyl groups is 1. The van der Waals surface area contributed by atoms with Crippen LogP contribution in [0.5, 0.6) is 5.75 Å². The second-order valence-electron chi connectivity index (χ2n) is 4.62. The highest BCUT2D eigenvalue weighted by Gasteiger charge is 2.18. The molecule has 3 nitrogen and oxygen atoms in total. The molecule has 19 heavy (non-hydrogen) atoms. The van der Waals surface area contributed by atoms with Crippen LogP contribution in [0.3, 0.4) is 0 Å². The zero-order chi connectivity index (χ0) is 14.4. The van der Waals surface area contributed by atoms with Gasteiger partial charge < -0.3 is 10.2 Å². The van der Waals surface area contributed by atoms with Gasteiger partial charge in [0.25, 0.3) is 0 Å². The van der Waals surface area contributed by atoms with Crippen molar-refractivity contribution in [3.63, 3.8) is 0 Å². The number of hydrogen-bond donors (Lipinski definition) is 2. The molecule has 5 heteroatoms. The van der Waals surface area contributed by atoms with E-state index in [0.717, 1.165) is 38.4 Å². The number of aliphatic carboxylic acids is 1. The Bertz CT molecular complexity index is 423. The summed E-state index contributed by atoms with van der Waals surface area (Å²) in [6, 6.07) is 3.80. The lowest BCUT2D eigenvalue weighted by atomic mass is 9.90. The van der Waals surface area contributed by atoms with Crippen molar-refractivity contribution < 1.29 is 15.0 Å². The summed E-state index contributed by atoms with van der Waals surface area (Å²) in [6.07, 6.45) is 4.34. The lowest BCUT2D eigenvalue weighted by Gasteiger charge is -2.16. The van der Waals surface area contributed by atoms with Gasteiger partial charge in [-0.25, -0.2) is 0 Å². The largest absolute Gasteiger partial charge is 0.506 e. The maximum Gasteiger partial charge on any atom is 0.303 e. The maximum atomic E-state index is 11.0. The van der Waals surface area contributed by atoms with Crippen molar-refractivity contribution in [1.29, 1.82) is 0 Å². The van der Waals surface area contributed by atoms with Gasteiger partial charge >= 0.3 is 5.97 Å². The number of phenolic OH excluding ortho intramolecular Hbond substituents is 1. The van der Waals surface area contributed by atoms with Crippen LogP contribution in [0.15, 0.2) is 12.1 Å². The average molecular weight is 488 g/mol. The lowest BCUT2D eigenvalue weighted by molar-refractivity contribution is -0.137. The molecule has 1 atom stereocenters. The predicted molar refractivity (Wildman–Crippen MR) is 92.7 cm³/mol. The van der Waals surface area contributed by atoms with Gasteiger partial charge in [0.15, 0.2) is 0 Å². The summed E-state index contributed by atoms with van der Waals surface area (Å²) in [7, 11) is 0. The highest BCUT2D eigenvalue weighted by Crippen LogP contribution is 2.33. The van der Waals surface area contributed by atoms with Crippen LogP contribution in [0.25, 0.3) is 0 Å². The summed E-state index contributed by atoms with van der Waals surface area (Å²) in [4.78, 5) is 11.0. The number of carbonyl (C=O) groups is 1. The van der Waals surface area contributed by atoms with Crippen LogP contribution in [0, 0.1) is 7.14 Å². The highest BCUT2D eigenvalue weighted by atomic mass is 127. The first kappa shape index (κ1) is 17.0. The van der Waals surface area contributed by atoms with Crippen molar-refractivity contribution in [2.45, 2.75) is 44.9 Å². The van der Waals surface area contributed by atoms with Crippen LogP contribution in [0.4, 0.5) is 0 Å². The lowest BCUT2D eigenvalue weighted by Crippen LogP contribution is -2.07. The molecule has 0 bridgehead atoms. The fraction of sp³-hybridized carbons (Fsp3) is 0.500. The minimum Gasteiger partial charge on any atom is -0.506 e. The molecule has 0 spiro atoms. The third-order valence-electron chi connectivity index (χ3n) is 3.09. The molecule has 0 amide bonds. The second-order valence-corrected chi connectivity index (χ2v) is 6.95.